The molecule has 1 aromatic carbocycles. The van der Waals surface area contributed by atoms with E-state index in [1.807, 2.05) is 0 Å². The lowest BCUT2D eigenvalue weighted by Crippen LogP contribution is -2.42. The van der Waals surface area contributed by atoms with E-state index in [0.717, 1.165) is 38.4 Å². The number of likely N-dealkylation sites (tertiary alicyclic amines) is 1. The van der Waals surface area contributed by atoms with Gasteiger partial charge in [0, 0.05) is 18.2 Å². The summed E-state index contributed by atoms with van der Waals surface area (Å²) in [5.74, 6) is 0.0403. The highest BCUT2D eigenvalue weighted by molar-refractivity contribution is 5.85. The topological polar surface area (TPSA) is 15.3 Å². The Bertz CT molecular complexity index is 437. The van der Waals surface area contributed by atoms with Gasteiger partial charge in [-0.05, 0) is 63.4 Å². The van der Waals surface area contributed by atoms with Crippen molar-refractivity contribution in [3.05, 3.63) is 35.4 Å². The number of hydrogen-bond donors (Lipinski definition) is 1. The van der Waals surface area contributed by atoms with Gasteiger partial charge < -0.3 is 5.32 Å². The first-order chi connectivity index (χ1) is 9.72. The Morgan fingerprint density at radius 3 is 2.24 bits per heavy atom. The Labute approximate surface area is 131 Å². The maximum atomic E-state index is 13.6. The van der Waals surface area contributed by atoms with Crippen LogP contribution in [-0.2, 0) is 6.54 Å². The lowest BCUT2D eigenvalue weighted by atomic mass is 10.0. The second-order valence-electron chi connectivity index (χ2n) is 6.10. The Morgan fingerprint density at radius 1 is 1.05 bits per heavy atom. The van der Waals surface area contributed by atoms with Crippen molar-refractivity contribution in [3.8, 4) is 0 Å². The summed E-state index contributed by atoms with van der Waals surface area (Å²) in [6.07, 6.45) is 4.89. The number of rotatable bonds is 5. The van der Waals surface area contributed by atoms with Gasteiger partial charge in [0.25, 0.3) is 0 Å². The normalized spacial score (nSPS) is 20.3. The molecule has 5 heteroatoms. The minimum absolute atomic E-state index is 0. The molecule has 1 saturated carbocycles. The van der Waals surface area contributed by atoms with Crippen LogP contribution >= 0.6 is 12.4 Å². The summed E-state index contributed by atoms with van der Waals surface area (Å²) in [5, 5.41) is 3.62. The number of halogens is 3. The summed E-state index contributed by atoms with van der Waals surface area (Å²) in [5.41, 5.74) is 0.205. The summed E-state index contributed by atoms with van der Waals surface area (Å²) in [4.78, 5) is 2.15. The third kappa shape index (κ3) is 4.63. The summed E-state index contributed by atoms with van der Waals surface area (Å²) in [6, 6.07) is 4.67. The lowest BCUT2D eigenvalue weighted by molar-refractivity contribution is 0.186. The molecule has 118 valence electrons. The molecule has 0 bridgehead atoms. The number of nitrogens with one attached hydrogen (secondary N) is 1. The molecule has 1 N–H and O–H groups in total. The van der Waals surface area contributed by atoms with E-state index in [-0.39, 0.29) is 18.0 Å². The zero-order chi connectivity index (χ0) is 13.9. The summed E-state index contributed by atoms with van der Waals surface area (Å²) >= 11 is 0. The number of nitrogens with zero attached hydrogens (tertiary/aromatic N) is 1. The molecule has 0 amide bonds. The maximum Gasteiger partial charge on any atom is 0.130 e. The molecule has 0 radical (unpaired) electrons. The SMILES string of the molecule is Cl.Fc1cccc(F)c1CN1CCC(NCC2CC2)CC1. The van der Waals surface area contributed by atoms with Crippen molar-refractivity contribution in [2.24, 2.45) is 5.92 Å². The van der Waals surface area contributed by atoms with Crippen molar-refractivity contribution >= 4 is 12.4 Å². The van der Waals surface area contributed by atoms with Crippen LogP contribution in [0.25, 0.3) is 0 Å². The largest absolute Gasteiger partial charge is 0.314 e. The summed E-state index contributed by atoms with van der Waals surface area (Å²) in [6.45, 7) is 3.35. The number of piperidine rings is 1. The lowest BCUT2D eigenvalue weighted by Gasteiger charge is -2.32. The Kier molecular flexibility index (Phi) is 5.97. The van der Waals surface area contributed by atoms with Gasteiger partial charge in [0.2, 0.25) is 0 Å². The molecule has 2 nitrogen and oxygen atoms in total. The van der Waals surface area contributed by atoms with Crippen molar-refractivity contribution in [1.29, 1.82) is 0 Å². The van der Waals surface area contributed by atoms with Crippen LogP contribution in [0.5, 0.6) is 0 Å². The van der Waals surface area contributed by atoms with Gasteiger partial charge in [0.1, 0.15) is 11.6 Å². The van der Waals surface area contributed by atoms with Gasteiger partial charge in [-0.25, -0.2) is 8.78 Å². The van der Waals surface area contributed by atoms with E-state index < -0.39 is 11.6 Å². The fourth-order valence-corrected chi connectivity index (χ4v) is 2.86. The smallest absolute Gasteiger partial charge is 0.130 e. The van der Waals surface area contributed by atoms with E-state index in [4.69, 9.17) is 0 Å². The fourth-order valence-electron chi connectivity index (χ4n) is 2.86. The Morgan fingerprint density at radius 2 is 1.67 bits per heavy atom. The zero-order valence-corrected chi connectivity index (χ0v) is 13.0. The molecule has 1 aliphatic heterocycles. The van der Waals surface area contributed by atoms with Gasteiger partial charge in [0.15, 0.2) is 0 Å². The molecule has 0 aromatic heterocycles. The molecule has 0 atom stereocenters. The molecule has 0 unspecified atom stereocenters. The second-order valence-corrected chi connectivity index (χ2v) is 6.10. The molecule has 1 saturated heterocycles. The molecule has 2 fully saturated rings. The van der Waals surface area contributed by atoms with Gasteiger partial charge in [-0.2, -0.15) is 0 Å². The third-order valence-corrected chi connectivity index (χ3v) is 4.42. The average Bonchev–Trinajstić information content (AvgIpc) is 3.26. The quantitative estimate of drug-likeness (QED) is 0.896. The van der Waals surface area contributed by atoms with Crippen molar-refractivity contribution in [2.45, 2.75) is 38.3 Å². The van der Waals surface area contributed by atoms with Crippen LogP contribution in [0, 0.1) is 17.6 Å². The zero-order valence-electron chi connectivity index (χ0n) is 12.2. The van der Waals surface area contributed by atoms with Crippen LogP contribution in [0.1, 0.15) is 31.2 Å². The van der Waals surface area contributed by atoms with E-state index in [9.17, 15) is 8.78 Å². The Balaban J connectivity index is 0.00000161. The Hall–Kier alpha value is -0.710. The van der Waals surface area contributed by atoms with Crippen LogP contribution < -0.4 is 5.32 Å². The molecular weight excluding hydrogens is 294 g/mol. The van der Waals surface area contributed by atoms with Gasteiger partial charge in [-0.3, -0.25) is 4.90 Å². The van der Waals surface area contributed by atoms with E-state index in [2.05, 4.69) is 10.2 Å². The summed E-state index contributed by atoms with van der Waals surface area (Å²) in [7, 11) is 0. The predicted molar refractivity (Wildman–Crippen MR) is 82.6 cm³/mol. The minimum Gasteiger partial charge on any atom is -0.314 e. The van der Waals surface area contributed by atoms with Crippen LogP contribution in [0.3, 0.4) is 0 Å². The highest BCUT2D eigenvalue weighted by atomic mass is 35.5. The van der Waals surface area contributed by atoms with Crippen molar-refractivity contribution < 1.29 is 8.78 Å². The molecule has 1 aromatic rings. The van der Waals surface area contributed by atoms with Gasteiger partial charge in [0.05, 0.1) is 0 Å². The van der Waals surface area contributed by atoms with Crippen molar-refractivity contribution in [1.82, 2.24) is 10.2 Å². The molecule has 21 heavy (non-hydrogen) atoms. The standard InChI is InChI=1S/C16H22F2N2.ClH/c17-15-2-1-3-16(18)14(15)11-20-8-6-13(7-9-20)19-10-12-4-5-12;/h1-3,12-13,19H,4-11H2;1H. The molecule has 3 rings (SSSR count). The fraction of sp³-hybridized carbons (Fsp3) is 0.625. The predicted octanol–water partition coefficient (Wildman–Crippen LogP) is 3.35. The highest BCUT2D eigenvalue weighted by Gasteiger charge is 2.25. The van der Waals surface area contributed by atoms with E-state index in [1.165, 1.54) is 31.0 Å². The van der Waals surface area contributed by atoms with Gasteiger partial charge in [-0.15, -0.1) is 12.4 Å². The summed E-state index contributed by atoms with van der Waals surface area (Å²) < 4.78 is 27.2. The van der Waals surface area contributed by atoms with Crippen LogP contribution in [0.2, 0.25) is 0 Å². The second kappa shape index (κ2) is 7.52. The molecule has 0 spiro atoms. The first-order valence-corrected chi connectivity index (χ1v) is 7.61. The van der Waals surface area contributed by atoms with E-state index >= 15 is 0 Å². The van der Waals surface area contributed by atoms with Gasteiger partial charge >= 0.3 is 0 Å². The van der Waals surface area contributed by atoms with Crippen LogP contribution in [0.15, 0.2) is 18.2 Å². The highest BCUT2D eigenvalue weighted by Crippen LogP contribution is 2.28. The third-order valence-electron chi connectivity index (χ3n) is 4.42. The molecule has 1 heterocycles. The molecule has 1 aliphatic carbocycles. The maximum absolute atomic E-state index is 13.6. The number of benzene rings is 1. The first kappa shape index (κ1) is 16.7. The van der Waals surface area contributed by atoms with Crippen molar-refractivity contribution in [2.75, 3.05) is 19.6 Å². The van der Waals surface area contributed by atoms with E-state index in [0.29, 0.717) is 12.6 Å². The molecule has 2 aliphatic rings. The van der Waals surface area contributed by atoms with Crippen molar-refractivity contribution in [3.63, 3.8) is 0 Å². The minimum atomic E-state index is -0.431. The first-order valence-electron chi connectivity index (χ1n) is 7.61. The van der Waals surface area contributed by atoms with Crippen LogP contribution in [0.4, 0.5) is 8.78 Å². The monoisotopic (exact) mass is 316 g/mol. The van der Waals surface area contributed by atoms with Gasteiger partial charge in [-0.1, -0.05) is 6.07 Å². The molecular formula is C16H23ClF2N2. The number of hydrogen-bond acceptors (Lipinski definition) is 2. The average molecular weight is 317 g/mol. The van der Waals surface area contributed by atoms with Crippen LogP contribution in [-0.4, -0.2) is 30.6 Å². The van der Waals surface area contributed by atoms with E-state index in [1.54, 1.807) is 0 Å².